The smallest absolute Gasteiger partial charge is 0.00951 e. The summed E-state index contributed by atoms with van der Waals surface area (Å²) >= 11 is 0. The van der Waals surface area contributed by atoms with Gasteiger partial charge in [0.1, 0.15) is 0 Å². The number of rotatable bonds is 6. The number of benzene rings is 1. The molecular formula is C22H30. The van der Waals surface area contributed by atoms with E-state index in [-0.39, 0.29) is 0 Å². The van der Waals surface area contributed by atoms with Crippen LogP contribution in [0.3, 0.4) is 0 Å². The van der Waals surface area contributed by atoms with Gasteiger partial charge in [-0.1, -0.05) is 62.2 Å². The van der Waals surface area contributed by atoms with Crippen LogP contribution < -0.4 is 0 Å². The summed E-state index contributed by atoms with van der Waals surface area (Å²) in [5.41, 5.74) is 7.95. The zero-order chi connectivity index (χ0) is 15.6. The van der Waals surface area contributed by atoms with Gasteiger partial charge in [0.25, 0.3) is 0 Å². The van der Waals surface area contributed by atoms with Crippen LogP contribution >= 0.6 is 0 Å². The highest BCUT2D eigenvalue weighted by Crippen LogP contribution is 2.34. The molecule has 0 spiro atoms. The molecule has 0 heteroatoms. The van der Waals surface area contributed by atoms with Gasteiger partial charge in [-0.25, -0.2) is 0 Å². The first kappa shape index (κ1) is 16.8. The van der Waals surface area contributed by atoms with Crippen LogP contribution in [0.5, 0.6) is 0 Å². The highest BCUT2D eigenvalue weighted by molar-refractivity contribution is 5.24. The van der Waals surface area contributed by atoms with Gasteiger partial charge in [-0.05, 0) is 68.1 Å². The summed E-state index contributed by atoms with van der Waals surface area (Å²) in [5.74, 6) is 0.747. The molecule has 0 aromatic heterocycles. The van der Waals surface area contributed by atoms with Crippen molar-refractivity contribution in [2.24, 2.45) is 0 Å². The van der Waals surface area contributed by atoms with Gasteiger partial charge in [-0.15, -0.1) is 5.73 Å². The van der Waals surface area contributed by atoms with Crippen molar-refractivity contribution in [3.8, 4) is 0 Å². The summed E-state index contributed by atoms with van der Waals surface area (Å²) in [7, 11) is 0. The molecule has 0 aliphatic heterocycles. The van der Waals surface area contributed by atoms with Crippen molar-refractivity contribution < 1.29 is 0 Å². The molecule has 22 heavy (non-hydrogen) atoms. The van der Waals surface area contributed by atoms with Crippen LogP contribution in [0.15, 0.2) is 59.4 Å². The maximum atomic E-state index is 3.63. The van der Waals surface area contributed by atoms with Crippen LogP contribution in [-0.2, 0) is 0 Å². The van der Waals surface area contributed by atoms with Gasteiger partial charge in [0.2, 0.25) is 0 Å². The van der Waals surface area contributed by atoms with E-state index in [1.54, 1.807) is 0 Å². The largest absolute Gasteiger partial charge is 0.119 e. The van der Waals surface area contributed by atoms with Gasteiger partial charge < -0.3 is 0 Å². The Kier molecular flexibility index (Phi) is 7.26. The van der Waals surface area contributed by atoms with Crippen molar-refractivity contribution in [2.75, 3.05) is 0 Å². The van der Waals surface area contributed by atoms with Crippen LogP contribution in [0.1, 0.15) is 76.7 Å². The number of hydrogen-bond donors (Lipinski definition) is 0. The lowest BCUT2D eigenvalue weighted by atomic mass is 9.82. The van der Waals surface area contributed by atoms with E-state index in [2.05, 4.69) is 62.1 Å². The molecule has 0 saturated heterocycles. The molecule has 0 atom stereocenters. The Bertz CT molecular complexity index is 516. The minimum absolute atomic E-state index is 0.747. The van der Waals surface area contributed by atoms with E-state index in [0.29, 0.717) is 0 Å². The average Bonchev–Trinajstić information content (AvgIpc) is 2.56. The average molecular weight is 294 g/mol. The fourth-order valence-corrected chi connectivity index (χ4v) is 3.24. The van der Waals surface area contributed by atoms with Gasteiger partial charge in [0, 0.05) is 0 Å². The first-order chi connectivity index (χ1) is 10.8. The molecule has 118 valence electrons. The molecule has 0 radical (unpaired) electrons. The van der Waals surface area contributed by atoms with Gasteiger partial charge in [-0.3, -0.25) is 0 Å². The summed E-state index contributed by atoms with van der Waals surface area (Å²) in [4.78, 5) is 0. The van der Waals surface area contributed by atoms with E-state index in [1.165, 1.54) is 68.1 Å². The van der Waals surface area contributed by atoms with Crippen molar-refractivity contribution in [3.63, 3.8) is 0 Å². The third kappa shape index (κ3) is 5.70. The lowest BCUT2D eigenvalue weighted by Crippen LogP contribution is -2.06. The molecule has 1 aromatic rings. The van der Waals surface area contributed by atoms with Crippen LogP contribution in [0.25, 0.3) is 0 Å². The van der Waals surface area contributed by atoms with Gasteiger partial charge >= 0.3 is 0 Å². The van der Waals surface area contributed by atoms with E-state index >= 15 is 0 Å². The monoisotopic (exact) mass is 294 g/mol. The topological polar surface area (TPSA) is 0 Å². The van der Waals surface area contributed by atoms with Crippen LogP contribution in [0.4, 0.5) is 0 Å². The normalized spacial score (nSPS) is 18.5. The fraction of sp³-hybridized carbons (Fsp3) is 0.500. The highest BCUT2D eigenvalue weighted by atomic mass is 14.2. The van der Waals surface area contributed by atoms with E-state index in [0.717, 1.165) is 5.92 Å². The molecule has 0 unspecified atom stereocenters. The summed E-state index contributed by atoms with van der Waals surface area (Å²) < 4.78 is 0. The van der Waals surface area contributed by atoms with Crippen molar-refractivity contribution in [2.45, 2.75) is 71.1 Å². The molecule has 1 aliphatic carbocycles. The molecule has 0 N–H and O–H groups in total. The predicted octanol–water partition coefficient (Wildman–Crippen LogP) is 6.95. The van der Waals surface area contributed by atoms with E-state index < -0.39 is 0 Å². The summed E-state index contributed by atoms with van der Waals surface area (Å²) in [6.07, 6.45) is 14.7. The molecule has 1 aliphatic rings. The Morgan fingerprint density at radius 2 is 1.86 bits per heavy atom. The lowest BCUT2D eigenvalue weighted by Gasteiger charge is -2.23. The zero-order valence-corrected chi connectivity index (χ0v) is 14.3. The number of unbranched alkanes of at least 4 members (excludes halogenated alkanes) is 3. The van der Waals surface area contributed by atoms with Crippen LogP contribution in [-0.4, -0.2) is 0 Å². The van der Waals surface area contributed by atoms with Crippen molar-refractivity contribution in [1.29, 1.82) is 0 Å². The van der Waals surface area contributed by atoms with Crippen molar-refractivity contribution in [1.82, 2.24) is 0 Å². The minimum Gasteiger partial charge on any atom is -0.119 e. The van der Waals surface area contributed by atoms with Gasteiger partial charge in [0.15, 0.2) is 0 Å². The van der Waals surface area contributed by atoms with E-state index in [1.807, 2.05) is 0 Å². The van der Waals surface area contributed by atoms with E-state index in [4.69, 9.17) is 0 Å². The van der Waals surface area contributed by atoms with E-state index in [9.17, 15) is 0 Å². The Morgan fingerprint density at radius 3 is 2.55 bits per heavy atom. The molecule has 2 rings (SSSR count). The van der Waals surface area contributed by atoms with Crippen molar-refractivity contribution in [3.05, 3.63) is 64.9 Å². The maximum Gasteiger partial charge on any atom is -0.00951 e. The van der Waals surface area contributed by atoms with Crippen LogP contribution in [0, 0.1) is 0 Å². The standard InChI is InChI=1S/C22H30/c1-3-4-5-6-8-11-19(2)18-20-14-16-22(17-15-20)21-12-9-7-10-13-21/h7-13,22H,3-6,14-17H2,1-2H3/b11-8+. The zero-order valence-electron chi connectivity index (χ0n) is 14.3. The summed E-state index contributed by atoms with van der Waals surface area (Å²) in [6.45, 7) is 4.44. The second-order valence-electron chi connectivity index (χ2n) is 6.49. The predicted molar refractivity (Wildman–Crippen MR) is 97.1 cm³/mol. The molecule has 0 amide bonds. The highest BCUT2D eigenvalue weighted by Gasteiger charge is 2.17. The molecule has 0 nitrogen and oxygen atoms in total. The third-order valence-corrected chi connectivity index (χ3v) is 4.58. The SMILES string of the molecule is CCCCC/C=C/C(C)=C=C1CCC(c2ccccc2)CC1. The molecule has 1 fully saturated rings. The van der Waals surface area contributed by atoms with Gasteiger partial charge in [0.05, 0.1) is 0 Å². The first-order valence-electron chi connectivity index (χ1n) is 8.96. The quantitative estimate of drug-likeness (QED) is 0.302. The Hall–Kier alpha value is -1.52. The lowest BCUT2D eigenvalue weighted by molar-refractivity contribution is 0.517. The second-order valence-corrected chi connectivity index (χ2v) is 6.49. The minimum atomic E-state index is 0.747. The molecular weight excluding hydrogens is 264 g/mol. The Balaban J connectivity index is 1.85. The molecule has 1 saturated carbocycles. The third-order valence-electron chi connectivity index (χ3n) is 4.58. The first-order valence-corrected chi connectivity index (χ1v) is 8.96. The summed E-state index contributed by atoms with van der Waals surface area (Å²) in [6, 6.07) is 11.0. The molecule has 1 aromatic carbocycles. The number of hydrogen-bond acceptors (Lipinski definition) is 0. The fourth-order valence-electron chi connectivity index (χ4n) is 3.24. The maximum absolute atomic E-state index is 3.63. The Labute approximate surface area is 136 Å². The van der Waals surface area contributed by atoms with Crippen LogP contribution in [0.2, 0.25) is 0 Å². The molecule has 0 heterocycles. The Morgan fingerprint density at radius 1 is 1.14 bits per heavy atom. The second kappa shape index (κ2) is 9.49. The van der Waals surface area contributed by atoms with Gasteiger partial charge in [-0.2, -0.15) is 0 Å². The number of allylic oxidation sites excluding steroid dienone is 3. The summed E-state index contributed by atoms with van der Waals surface area (Å²) in [5, 5.41) is 0. The molecule has 0 bridgehead atoms. The van der Waals surface area contributed by atoms with Crippen molar-refractivity contribution >= 4 is 0 Å².